The molecule has 0 bridgehead atoms. The molecule has 146 valence electrons. The molecule has 0 aliphatic heterocycles. The van der Waals surface area contributed by atoms with E-state index in [0.29, 0.717) is 16.2 Å². The maximum Gasteiger partial charge on any atom is 0.325 e. The van der Waals surface area contributed by atoms with Crippen LogP contribution in [0, 0.1) is 5.82 Å². The third-order valence-electron chi connectivity index (χ3n) is 4.00. The predicted octanol–water partition coefficient (Wildman–Crippen LogP) is 2.77. The van der Waals surface area contributed by atoms with Crippen molar-refractivity contribution in [2.75, 3.05) is 21.3 Å². The highest BCUT2D eigenvalue weighted by molar-refractivity contribution is 7.16. The molecule has 3 rings (SSSR count). The summed E-state index contributed by atoms with van der Waals surface area (Å²) in [6.07, 6.45) is 0. The van der Waals surface area contributed by atoms with Crippen LogP contribution in [0.2, 0.25) is 0 Å². The monoisotopic (exact) mass is 404 g/mol. The number of halogens is 1. The first-order chi connectivity index (χ1) is 13.5. The summed E-state index contributed by atoms with van der Waals surface area (Å²) in [5, 5.41) is 0. The third kappa shape index (κ3) is 3.74. The Kier molecular flexibility index (Phi) is 5.74. The van der Waals surface area contributed by atoms with Gasteiger partial charge < -0.3 is 18.8 Å². The van der Waals surface area contributed by atoms with E-state index >= 15 is 0 Å². The Morgan fingerprint density at radius 2 is 1.93 bits per heavy atom. The van der Waals surface area contributed by atoms with Gasteiger partial charge in [0.2, 0.25) is 0 Å². The number of nitrogens with zero attached hydrogens (tertiary/aromatic N) is 2. The molecule has 28 heavy (non-hydrogen) atoms. The van der Waals surface area contributed by atoms with Gasteiger partial charge in [-0.25, -0.2) is 4.39 Å². The molecule has 0 radical (unpaired) electrons. The average molecular weight is 404 g/mol. The maximum atomic E-state index is 14.4. The number of aromatic nitrogens is 1. The number of thiazole rings is 1. The van der Waals surface area contributed by atoms with Gasteiger partial charge in [0.1, 0.15) is 23.9 Å². The maximum absolute atomic E-state index is 14.4. The van der Waals surface area contributed by atoms with Gasteiger partial charge in [-0.05, 0) is 24.3 Å². The first-order valence-electron chi connectivity index (χ1n) is 8.14. The van der Waals surface area contributed by atoms with Crippen molar-refractivity contribution >= 4 is 33.4 Å². The average Bonchev–Trinajstić information content (AvgIpc) is 3.05. The predicted molar refractivity (Wildman–Crippen MR) is 101 cm³/mol. The van der Waals surface area contributed by atoms with Crippen molar-refractivity contribution < 1.29 is 28.2 Å². The molecule has 0 aliphatic carbocycles. The highest BCUT2D eigenvalue weighted by Gasteiger charge is 2.17. The molecule has 0 saturated carbocycles. The van der Waals surface area contributed by atoms with Gasteiger partial charge in [0.25, 0.3) is 5.91 Å². The van der Waals surface area contributed by atoms with Gasteiger partial charge >= 0.3 is 5.97 Å². The largest absolute Gasteiger partial charge is 0.497 e. The smallest absolute Gasteiger partial charge is 0.325 e. The summed E-state index contributed by atoms with van der Waals surface area (Å²) in [6, 6.07) is 9.22. The molecule has 0 fully saturated rings. The van der Waals surface area contributed by atoms with Crippen LogP contribution in [-0.2, 0) is 16.1 Å². The Balaban J connectivity index is 2.16. The van der Waals surface area contributed by atoms with Crippen LogP contribution in [0.1, 0.15) is 10.4 Å². The van der Waals surface area contributed by atoms with Gasteiger partial charge in [-0.1, -0.05) is 17.4 Å². The quantitative estimate of drug-likeness (QED) is 0.611. The van der Waals surface area contributed by atoms with Crippen LogP contribution >= 0.6 is 11.3 Å². The van der Waals surface area contributed by atoms with Crippen molar-refractivity contribution in [3.8, 4) is 11.5 Å². The van der Waals surface area contributed by atoms with Gasteiger partial charge in [-0.15, -0.1) is 0 Å². The number of para-hydroxylation sites is 1. The van der Waals surface area contributed by atoms with Crippen molar-refractivity contribution in [2.45, 2.75) is 6.54 Å². The number of benzene rings is 2. The summed E-state index contributed by atoms with van der Waals surface area (Å²) in [5.41, 5.74) is 0.400. The highest BCUT2D eigenvalue weighted by atomic mass is 32.1. The van der Waals surface area contributed by atoms with E-state index in [4.69, 9.17) is 9.47 Å². The number of hydrogen-bond donors (Lipinski definition) is 0. The molecule has 2 aromatic carbocycles. The van der Waals surface area contributed by atoms with Crippen molar-refractivity contribution in [2.24, 2.45) is 4.99 Å². The summed E-state index contributed by atoms with van der Waals surface area (Å²) in [5.74, 6) is -0.879. The Hall–Kier alpha value is -3.20. The van der Waals surface area contributed by atoms with Crippen LogP contribution in [0.5, 0.6) is 11.5 Å². The number of methoxy groups -OCH3 is 3. The zero-order chi connectivity index (χ0) is 20.3. The van der Waals surface area contributed by atoms with Crippen LogP contribution < -0.4 is 14.3 Å². The topological polar surface area (TPSA) is 79.1 Å². The molecule has 1 aromatic heterocycles. The molecule has 3 aromatic rings. The van der Waals surface area contributed by atoms with Crippen LogP contribution in [0.25, 0.3) is 10.2 Å². The van der Waals surface area contributed by atoms with Crippen molar-refractivity contribution in [3.05, 3.63) is 52.6 Å². The first-order valence-corrected chi connectivity index (χ1v) is 8.96. The summed E-state index contributed by atoms with van der Waals surface area (Å²) < 4.78 is 31.3. The summed E-state index contributed by atoms with van der Waals surface area (Å²) in [6.45, 7) is -0.275. The fourth-order valence-corrected chi connectivity index (χ4v) is 3.68. The summed E-state index contributed by atoms with van der Waals surface area (Å²) in [4.78, 5) is 28.8. The van der Waals surface area contributed by atoms with E-state index in [-0.39, 0.29) is 22.4 Å². The Morgan fingerprint density at radius 3 is 2.61 bits per heavy atom. The van der Waals surface area contributed by atoms with Gasteiger partial charge in [0, 0.05) is 6.07 Å². The number of amides is 1. The zero-order valence-electron chi connectivity index (χ0n) is 15.4. The van der Waals surface area contributed by atoms with E-state index in [1.54, 1.807) is 24.3 Å². The SMILES string of the molecule is COC(=O)Cn1c(=NC(=O)c2ccc(OC)cc2OC)sc2cccc(F)c21. The highest BCUT2D eigenvalue weighted by Crippen LogP contribution is 2.25. The minimum absolute atomic E-state index is 0.174. The number of ether oxygens (including phenoxy) is 3. The van der Waals surface area contributed by atoms with Crippen molar-refractivity contribution in [1.29, 1.82) is 0 Å². The minimum Gasteiger partial charge on any atom is -0.497 e. The lowest BCUT2D eigenvalue weighted by atomic mass is 10.2. The number of carbonyl (C=O) groups is 2. The van der Waals surface area contributed by atoms with Crippen molar-refractivity contribution in [1.82, 2.24) is 4.57 Å². The number of rotatable bonds is 5. The lowest BCUT2D eigenvalue weighted by molar-refractivity contribution is -0.141. The molecule has 7 nitrogen and oxygen atoms in total. The Bertz CT molecular complexity index is 1120. The first kappa shape index (κ1) is 19.6. The molecule has 0 atom stereocenters. The van der Waals surface area contributed by atoms with E-state index in [1.807, 2.05) is 0 Å². The van der Waals surface area contributed by atoms with Gasteiger partial charge in [-0.3, -0.25) is 9.59 Å². The lowest BCUT2D eigenvalue weighted by Crippen LogP contribution is -2.23. The van der Waals surface area contributed by atoms with E-state index in [9.17, 15) is 14.0 Å². The normalized spacial score (nSPS) is 11.5. The van der Waals surface area contributed by atoms with Crippen LogP contribution in [-0.4, -0.2) is 37.8 Å². The Labute approximate surface area is 163 Å². The van der Waals surface area contributed by atoms with Gasteiger partial charge in [-0.2, -0.15) is 4.99 Å². The molecule has 1 amide bonds. The van der Waals surface area contributed by atoms with Crippen LogP contribution in [0.4, 0.5) is 4.39 Å². The third-order valence-corrected chi connectivity index (χ3v) is 5.05. The second-order valence-corrected chi connectivity index (χ2v) is 6.63. The van der Waals surface area contributed by atoms with E-state index in [1.165, 1.54) is 38.0 Å². The number of carbonyl (C=O) groups excluding carboxylic acids is 2. The second-order valence-electron chi connectivity index (χ2n) is 5.62. The fraction of sp³-hybridized carbons (Fsp3) is 0.211. The molecule has 0 N–H and O–H groups in total. The number of fused-ring (bicyclic) bond motifs is 1. The lowest BCUT2D eigenvalue weighted by Gasteiger charge is -2.07. The van der Waals surface area contributed by atoms with Crippen LogP contribution in [0.3, 0.4) is 0 Å². The molecular weight excluding hydrogens is 387 g/mol. The molecule has 1 heterocycles. The number of hydrogen-bond acceptors (Lipinski definition) is 6. The molecule has 0 saturated heterocycles. The molecule has 9 heteroatoms. The van der Waals surface area contributed by atoms with Crippen molar-refractivity contribution in [3.63, 3.8) is 0 Å². The fourth-order valence-electron chi connectivity index (χ4n) is 2.63. The van der Waals surface area contributed by atoms with E-state index in [2.05, 4.69) is 9.73 Å². The van der Waals surface area contributed by atoms with E-state index < -0.39 is 17.7 Å². The molecule has 0 unspecified atom stereocenters. The molecule has 0 aliphatic rings. The second kappa shape index (κ2) is 8.22. The van der Waals surface area contributed by atoms with Gasteiger partial charge in [0.05, 0.1) is 37.1 Å². The minimum atomic E-state index is -0.593. The van der Waals surface area contributed by atoms with Crippen LogP contribution in [0.15, 0.2) is 41.4 Å². The zero-order valence-corrected chi connectivity index (χ0v) is 16.2. The molecular formula is C19H17FN2O5S. The Morgan fingerprint density at radius 1 is 1.14 bits per heavy atom. The summed E-state index contributed by atoms with van der Waals surface area (Å²) in [7, 11) is 4.16. The standard InChI is InChI=1S/C19H17FN2O5S/c1-25-11-7-8-12(14(9-11)26-2)18(24)21-19-22(10-16(23)27-3)17-13(20)5-4-6-15(17)28-19/h4-9H,10H2,1-3H3. The summed E-state index contributed by atoms with van der Waals surface area (Å²) >= 11 is 1.10. The number of esters is 1. The molecule has 0 spiro atoms. The van der Waals surface area contributed by atoms with Gasteiger partial charge in [0.15, 0.2) is 4.80 Å². The van der Waals surface area contributed by atoms with E-state index in [0.717, 1.165) is 11.3 Å².